The molecule has 4 nitrogen and oxygen atoms in total. The Labute approximate surface area is 95.2 Å². The number of hydrogen-bond acceptors (Lipinski definition) is 4. The van der Waals surface area contributed by atoms with Crippen molar-refractivity contribution in [1.29, 1.82) is 0 Å². The second-order valence-electron chi connectivity index (χ2n) is 3.71. The second kappa shape index (κ2) is 4.88. The molecule has 16 heavy (non-hydrogen) atoms. The molecule has 0 bridgehead atoms. The van der Waals surface area contributed by atoms with E-state index in [2.05, 4.69) is 19.7 Å². The molecular weight excluding hydrogens is 208 g/mol. The maximum absolute atomic E-state index is 10.8. The molecule has 1 heterocycles. The third-order valence-corrected chi connectivity index (χ3v) is 2.38. The van der Waals surface area contributed by atoms with Gasteiger partial charge in [-0.2, -0.15) is 0 Å². The minimum Gasteiger partial charge on any atom is -0.463 e. The Hall–Kier alpha value is -1.71. The van der Waals surface area contributed by atoms with Crippen LogP contribution in [-0.4, -0.2) is 18.2 Å². The van der Waals surface area contributed by atoms with Crippen LogP contribution in [0.4, 0.5) is 0 Å². The number of hydrogen-bond donors (Lipinski definition) is 0. The average Bonchev–Trinajstić information content (AvgIpc) is 2.47. The summed E-state index contributed by atoms with van der Waals surface area (Å²) >= 11 is 0. The van der Waals surface area contributed by atoms with Crippen LogP contribution in [0.5, 0.6) is 0 Å². The lowest BCUT2D eigenvalue weighted by atomic mass is 9.99. The van der Waals surface area contributed by atoms with Crippen LogP contribution >= 0.6 is 0 Å². The Bertz CT molecular complexity index is 332. The molecule has 0 aromatic rings. The third-order valence-electron chi connectivity index (χ3n) is 2.38. The Morgan fingerprint density at radius 1 is 1.56 bits per heavy atom. The van der Waals surface area contributed by atoms with Crippen molar-refractivity contribution in [2.75, 3.05) is 6.61 Å². The van der Waals surface area contributed by atoms with Gasteiger partial charge in [-0.25, -0.2) is 4.79 Å². The predicted octanol–water partition coefficient (Wildman–Crippen LogP) is 2.29. The molecule has 1 fully saturated rings. The molecule has 0 spiro atoms. The summed E-state index contributed by atoms with van der Waals surface area (Å²) in [5.74, 6) is 0.375. The van der Waals surface area contributed by atoms with E-state index >= 15 is 0 Å². The average molecular weight is 224 g/mol. The van der Waals surface area contributed by atoms with E-state index in [0.29, 0.717) is 25.2 Å². The zero-order valence-corrected chi connectivity index (χ0v) is 9.45. The summed E-state index contributed by atoms with van der Waals surface area (Å²) in [5, 5.41) is 0. The first-order valence-corrected chi connectivity index (χ1v) is 5.02. The van der Waals surface area contributed by atoms with Crippen LogP contribution in [0.15, 0.2) is 37.5 Å². The lowest BCUT2D eigenvalue weighted by Gasteiger charge is -2.20. The van der Waals surface area contributed by atoms with E-state index in [1.165, 1.54) is 0 Å². The molecule has 1 atom stereocenters. The van der Waals surface area contributed by atoms with Gasteiger partial charge in [0.25, 0.3) is 5.95 Å². The van der Waals surface area contributed by atoms with Crippen LogP contribution in [0, 0.1) is 0 Å². The van der Waals surface area contributed by atoms with Gasteiger partial charge in [-0.15, -0.1) is 0 Å². The molecule has 1 rings (SSSR count). The van der Waals surface area contributed by atoms with E-state index in [9.17, 15) is 4.79 Å². The Kier molecular flexibility index (Phi) is 3.77. The first kappa shape index (κ1) is 12.4. The topological polar surface area (TPSA) is 44.8 Å². The third kappa shape index (κ3) is 2.89. The molecule has 4 heteroatoms. The molecule has 0 radical (unpaired) electrons. The van der Waals surface area contributed by atoms with Gasteiger partial charge in [0, 0.05) is 6.08 Å². The summed E-state index contributed by atoms with van der Waals surface area (Å²) in [6.45, 7) is 12.8. The molecule has 0 aromatic carbocycles. The first-order valence-electron chi connectivity index (χ1n) is 5.02. The summed E-state index contributed by atoms with van der Waals surface area (Å²) < 4.78 is 15.4. The molecule has 1 aliphatic rings. The molecule has 0 aliphatic carbocycles. The van der Waals surface area contributed by atoms with Crippen molar-refractivity contribution in [3.05, 3.63) is 37.5 Å². The van der Waals surface area contributed by atoms with Crippen molar-refractivity contribution < 1.29 is 19.0 Å². The van der Waals surface area contributed by atoms with Crippen molar-refractivity contribution >= 4 is 5.97 Å². The monoisotopic (exact) mass is 224 g/mol. The molecule has 0 N–H and O–H groups in total. The van der Waals surface area contributed by atoms with Gasteiger partial charge < -0.3 is 14.2 Å². The summed E-state index contributed by atoms with van der Waals surface area (Å²) in [6, 6.07) is 0. The van der Waals surface area contributed by atoms with Crippen molar-refractivity contribution in [3.8, 4) is 0 Å². The zero-order valence-electron chi connectivity index (χ0n) is 9.45. The molecule has 1 aliphatic heterocycles. The first-order chi connectivity index (χ1) is 7.48. The smallest absolute Gasteiger partial charge is 0.330 e. The molecule has 0 aromatic heterocycles. The van der Waals surface area contributed by atoms with Gasteiger partial charge in [-0.3, -0.25) is 0 Å². The number of carbonyl (C=O) groups is 1. The largest absolute Gasteiger partial charge is 0.463 e. The van der Waals surface area contributed by atoms with Crippen molar-refractivity contribution in [2.45, 2.75) is 25.4 Å². The van der Waals surface area contributed by atoms with Gasteiger partial charge in [-0.05, 0) is 26.3 Å². The normalized spacial score (nSPS) is 23.6. The Morgan fingerprint density at radius 2 is 2.25 bits per heavy atom. The van der Waals surface area contributed by atoms with Crippen LogP contribution in [0.1, 0.15) is 19.8 Å². The highest BCUT2D eigenvalue weighted by atomic mass is 16.7. The summed E-state index contributed by atoms with van der Waals surface area (Å²) in [5.41, 5.74) is -0.572. The van der Waals surface area contributed by atoms with Gasteiger partial charge in [0.15, 0.2) is 5.60 Å². The molecule has 1 saturated heterocycles. The number of esters is 1. The van der Waals surface area contributed by atoms with Crippen molar-refractivity contribution in [2.24, 2.45) is 0 Å². The van der Waals surface area contributed by atoms with Gasteiger partial charge in [0.05, 0.1) is 6.61 Å². The molecule has 0 amide bonds. The van der Waals surface area contributed by atoms with Crippen LogP contribution in [-0.2, 0) is 19.0 Å². The quantitative estimate of drug-likeness (QED) is 0.408. The molecule has 88 valence electrons. The van der Waals surface area contributed by atoms with E-state index in [0.717, 1.165) is 6.08 Å². The minimum atomic E-state index is -0.572. The van der Waals surface area contributed by atoms with Crippen LogP contribution in [0.25, 0.3) is 0 Å². The van der Waals surface area contributed by atoms with E-state index in [-0.39, 0.29) is 5.95 Å². The SMILES string of the molecule is C=CC(=O)OCCCC1(C)OC(=C)OC1=C. The maximum Gasteiger partial charge on any atom is 0.330 e. The van der Waals surface area contributed by atoms with Gasteiger partial charge in [0.2, 0.25) is 0 Å². The molecular formula is C12H16O4. The summed E-state index contributed by atoms with van der Waals surface area (Å²) in [6.07, 6.45) is 2.44. The van der Waals surface area contributed by atoms with E-state index in [1.807, 2.05) is 6.92 Å². The van der Waals surface area contributed by atoms with Crippen molar-refractivity contribution in [1.82, 2.24) is 0 Å². The van der Waals surface area contributed by atoms with E-state index in [1.54, 1.807) is 0 Å². The standard InChI is InChI=1S/C12H16O4/c1-5-11(13)14-8-6-7-12(4)9(2)15-10(3)16-12/h5H,1-3,6-8H2,4H3. The lowest BCUT2D eigenvalue weighted by molar-refractivity contribution is -0.138. The summed E-state index contributed by atoms with van der Waals surface area (Å²) in [7, 11) is 0. The molecule has 0 saturated carbocycles. The highest BCUT2D eigenvalue weighted by Crippen LogP contribution is 2.36. The second-order valence-corrected chi connectivity index (χ2v) is 3.71. The van der Waals surface area contributed by atoms with Gasteiger partial charge in [0.1, 0.15) is 5.76 Å². The Morgan fingerprint density at radius 3 is 2.75 bits per heavy atom. The lowest BCUT2D eigenvalue weighted by Crippen LogP contribution is -2.25. The van der Waals surface area contributed by atoms with Gasteiger partial charge >= 0.3 is 5.97 Å². The number of carbonyl (C=O) groups excluding carboxylic acids is 1. The van der Waals surface area contributed by atoms with Gasteiger partial charge in [-0.1, -0.05) is 13.2 Å². The predicted molar refractivity (Wildman–Crippen MR) is 59.2 cm³/mol. The van der Waals surface area contributed by atoms with Crippen molar-refractivity contribution in [3.63, 3.8) is 0 Å². The summed E-state index contributed by atoms with van der Waals surface area (Å²) in [4.78, 5) is 10.8. The maximum atomic E-state index is 10.8. The molecule has 1 unspecified atom stereocenters. The fourth-order valence-electron chi connectivity index (χ4n) is 1.41. The number of rotatable bonds is 5. The van der Waals surface area contributed by atoms with Crippen LogP contribution in [0.2, 0.25) is 0 Å². The number of ether oxygens (including phenoxy) is 3. The fourth-order valence-corrected chi connectivity index (χ4v) is 1.41. The van der Waals surface area contributed by atoms with E-state index < -0.39 is 11.6 Å². The van der Waals surface area contributed by atoms with E-state index in [4.69, 9.17) is 14.2 Å². The highest BCUT2D eigenvalue weighted by Gasteiger charge is 2.38. The Balaban J connectivity index is 2.32. The fraction of sp³-hybridized carbons (Fsp3) is 0.417. The minimum absolute atomic E-state index is 0.260. The highest BCUT2D eigenvalue weighted by molar-refractivity contribution is 5.81. The van der Waals surface area contributed by atoms with Crippen LogP contribution in [0.3, 0.4) is 0 Å². The van der Waals surface area contributed by atoms with Crippen LogP contribution < -0.4 is 0 Å². The zero-order chi connectivity index (χ0) is 12.2.